The molecular formula is C19H19NO7. The van der Waals surface area contributed by atoms with Crippen LogP contribution in [0.3, 0.4) is 0 Å². The van der Waals surface area contributed by atoms with Gasteiger partial charge in [-0.2, -0.15) is 0 Å². The minimum absolute atomic E-state index is 0.0847. The largest absolute Gasteiger partial charge is 0.497 e. The van der Waals surface area contributed by atoms with E-state index in [-0.39, 0.29) is 12.4 Å². The quantitative estimate of drug-likeness (QED) is 0.738. The average molecular weight is 373 g/mol. The average Bonchev–Trinajstić information content (AvgIpc) is 3.18. The molecule has 27 heavy (non-hydrogen) atoms. The van der Waals surface area contributed by atoms with Gasteiger partial charge in [-0.1, -0.05) is 12.1 Å². The van der Waals surface area contributed by atoms with Crippen LogP contribution in [0.4, 0.5) is 0 Å². The van der Waals surface area contributed by atoms with Crippen LogP contribution < -0.4 is 19.5 Å². The highest BCUT2D eigenvalue weighted by molar-refractivity contribution is 5.97. The van der Waals surface area contributed by atoms with Gasteiger partial charge in [0, 0.05) is 5.56 Å². The molecule has 0 saturated heterocycles. The Labute approximate surface area is 155 Å². The van der Waals surface area contributed by atoms with Crippen molar-refractivity contribution in [3.8, 4) is 17.2 Å². The van der Waals surface area contributed by atoms with E-state index < -0.39 is 24.0 Å². The van der Waals surface area contributed by atoms with E-state index in [1.807, 2.05) is 0 Å². The molecule has 0 radical (unpaired) electrons. The Morgan fingerprint density at radius 1 is 1.07 bits per heavy atom. The summed E-state index contributed by atoms with van der Waals surface area (Å²) in [5.74, 6) is 0.246. The SMILES string of the molecule is COC(=O)C(NC(=O)c1ccc2c(c1)OCO2)C(O)c1ccc(OC)cc1. The molecule has 1 aliphatic heterocycles. The van der Waals surface area contributed by atoms with Gasteiger partial charge in [-0.25, -0.2) is 4.79 Å². The number of esters is 1. The van der Waals surface area contributed by atoms with E-state index in [1.165, 1.54) is 26.4 Å². The lowest BCUT2D eigenvalue weighted by molar-refractivity contribution is -0.146. The topological polar surface area (TPSA) is 103 Å². The van der Waals surface area contributed by atoms with Crippen LogP contribution in [-0.4, -0.2) is 44.0 Å². The fourth-order valence-corrected chi connectivity index (χ4v) is 2.65. The molecule has 2 aromatic carbocycles. The van der Waals surface area contributed by atoms with Crippen molar-refractivity contribution in [3.63, 3.8) is 0 Å². The number of benzene rings is 2. The third kappa shape index (κ3) is 3.95. The van der Waals surface area contributed by atoms with Gasteiger partial charge in [0.25, 0.3) is 5.91 Å². The van der Waals surface area contributed by atoms with Crippen LogP contribution in [0.25, 0.3) is 0 Å². The highest BCUT2D eigenvalue weighted by atomic mass is 16.7. The van der Waals surface area contributed by atoms with Crippen LogP contribution in [-0.2, 0) is 9.53 Å². The summed E-state index contributed by atoms with van der Waals surface area (Å²) in [5, 5.41) is 13.1. The van der Waals surface area contributed by atoms with Gasteiger partial charge in [-0.05, 0) is 35.9 Å². The first-order valence-corrected chi connectivity index (χ1v) is 8.14. The Morgan fingerprint density at radius 2 is 1.78 bits per heavy atom. The second-order valence-electron chi connectivity index (χ2n) is 5.76. The van der Waals surface area contributed by atoms with Crippen LogP contribution in [0.1, 0.15) is 22.0 Å². The lowest BCUT2D eigenvalue weighted by atomic mass is 10.0. The highest BCUT2D eigenvalue weighted by Crippen LogP contribution is 2.32. The van der Waals surface area contributed by atoms with Gasteiger partial charge in [0.05, 0.1) is 14.2 Å². The zero-order valence-electron chi connectivity index (χ0n) is 14.8. The fourth-order valence-electron chi connectivity index (χ4n) is 2.65. The first-order chi connectivity index (χ1) is 13.0. The second kappa shape index (κ2) is 7.96. The van der Waals surface area contributed by atoms with E-state index in [2.05, 4.69) is 5.32 Å². The summed E-state index contributed by atoms with van der Waals surface area (Å²) < 4.78 is 20.3. The third-order valence-corrected chi connectivity index (χ3v) is 4.15. The minimum atomic E-state index is -1.30. The summed E-state index contributed by atoms with van der Waals surface area (Å²) in [6.07, 6.45) is -1.30. The predicted molar refractivity (Wildman–Crippen MR) is 93.8 cm³/mol. The smallest absolute Gasteiger partial charge is 0.331 e. The molecule has 1 aliphatic rings. The number of amides is 1. The van der Waals surface area contributed by atoms with Crippen molar-refractivity contribution in [1.82, 2.24) is 5.32 Å². The number of hydrogen-bond acceptors (Lipinski definition) is 7. The third-order valence-electron chi connectivity index (χ3n) is 4.15. The normalized spacial score (nSPS) is 14.2. The van der Waals surface area contributed by atoms with Crippen molar-refractivity contribution in [2.45, 2.75) is 12.1 Å². The Hall–Kier alpha value is -3.26. The van der Waals surface area contributed by atoms with Crippen molar-refractivity contribution in [1.29, 1.82) is 0 Å². The van der Waals surface area contributed by atoms with E-state index >= 15 is 0 Å². The van der Waals surface area contributed by atoms with Gasteiger partial charge in [0.1, 0.15) is 11.9 Å². The summed E-state index contributed by atoms with van der Waals surface area (Å²) >= 11 is 0. The molecule has 2 atom stereocenters. The molecule has 8 heteroatoms. The zero-order valence-corrected chi connectivity index (χ0v) is 14.8. The molecule has 1 amide bonds. The van der Waals surface area contributed by atoms with E-state index in [0.29, 0.717) is 22.8 Å². The number of aliphatic hydroxyl groups excluding tert-OH is 1. The standard InChI is InChI=1S/C19H19NO7/c1-24-13-6-3-11(4-7-13)17(21)16(19(23)25-2)20-18(22)12-5-8-14-15(9-12)27-10-26-14/h3-9,16-17,21H,10H2,1-2H3,(H,20,22). The molecular weight excluding hydrogens is 354 g/mol. The summed E-state index contributed by atoms with van der Waals surface area (Å²) in [6.45, 7) is 0.0847. The van der Waals surface area contributed by atoms with Gasteiger partial charge in [0.2, 0.25) is 6.79 Å². The Kier molecular flexibility index (Phi) is 5.46. The first-order valence-electron chi connectivity index (χ1n) is 8.14. The summed E-state index contributed by atoms with van der Waals surface area (Å²) in [5.41, 5.74) is 0.687. The minimum Gasteiger partial charge on any atom is -0.497 e. The van der Waals surface area contributed by atoms with Crippen molar-refractivity contribution in [2.24, 2.45) is 0 Å². The van der Waals surface area contributed by atoms with Crippen molar-refractivity contribution in [2.75, 3.05) is 21.0 Å². The number of aliphatic hydroxyl groups is 1. The summed E-state index contributed by atoms with van der Waals surface area (Å²) in [4.78, 5) is 24.7. The van der Waals surface area contributed by atoms with Crippen LogP contribution >= 0.6 is 0 Å². The van der Waals surface area contributed by atoms with Gasteiger partial charge in [-0.3, -0.25) is 4.79 Å². The van der Waals surface area contributed by atoms with Crippen molar-refractivity contribution >= 4 is 11.9 Å². The lowest BCUT2D eigenvalue weighted by Crippen LogP contribution is -2.45. The molecule has 8 nitrogen and oxygen atoms in total. The van der Waals surface area contributed by atoms with Crippen LogP contribution in [0.2, 0.25) is 0 Å². The van der Waals surface area contributed by atoms with E-state index in [9.17, 15) is 14.7 Å². The Morgan fingerprint density at radius 3 is 2.44 bits per heavy atom. The molecule has 1 heterocycles. The summed E-state index contributed by atoms with van der Waals surface area (Å²) in [6, 6.07) is 9.85. The van der Waals surface area contributed by atoms with Gasteiger partial charge in [-0.15, -0.1) is 0 Å². The number of ether oxygens (including phenoxy) is 4. The van der Waals surface area contributed by atoms with Crippen LogP contribution in [0.5, 0.6) is 17.2 Å². The Balaban J connectivity index is 1.79. The van der Waals surface area contributed by atoms with Crippen molar-refractivity contribution < 1.29 is 33.6 Å². The number of nitrogens with one attached hydrogen (secondary N) is 1. The fraction of sp³-hybridized carbons (Fsp3) is 0.263. The van der Waals surface area contributed by atoms with Crippen LogP contribution in [0.15, 0.2) is 42.5 Å². The molecule has 0 fully saturated rings. The highest BCUT2D eigenvalue weighted by Gasteiger charge is 2.31. The van der Waals surface area contributed by atoms with Crippen molar-refractivity contribution in [3.05, 3.63) is 53.6 Å². The number of methoxy groups -OCH3 is 2. The van der Waals surface area contributed by atoms with Gasteiger partial charge < -0.3 is 29.4 Å². The first kappa shape index (κ1) is 18.5. The number of fused-ring (bicyclic) bond motifs is 1. The van der Waals surface area contributed by atoms with Crippen LogP contribution in [0, 0.1) is 0 Å². The number of hydrogen-bond donors (Lipinski definition) is 2. The van der Waals surface area contributed by atoms with E-state index in [0.717, 1.165) is 0 Å². The van der Waals surface area contributed by atoms with Gasteiger partial charge >= 0.3 is 5.97 Å². The second-order valence-corrected chi connectivity index (χ2v) is 5.76. The number of carbonyl (C=O) groups is 2. The molecule has 142 valence electrons. The van der Waals surface area contributed by atoms with E-state index in [4.69, 9.17) is 18.9 Å². The molecule has 3 rings (SSSR count). The molecule has 0 aromatic heterocycles. The molecule has 0 spiro atoms. The molecule has 0 aliphatic carbocycles. The lowest BCUT2D eigenvalue weighted by Gasteiger charge is -2.22. The number of rotatable bonds is 6. The predicted octanol–water partition coefficient (Wildman–Crippen LogP) is 1.43. The molecule has 2 aromatic rings. The maximum atomic E-state index is 12.6. The maximum absolute atomic E-state index is 12.6. The number of carbonyl (C=O) groups excluding carboxylic acids is 2. The van der Waals surface area contributed by atoms with E-state index in [1.54, 1.807) is 30.3 Å². The summed E-state index contributed by atoms with van der Waals surface area (Å²) in [7, 11) is 2.71. The zero-order chi connectivity index (χ0) is 19.4. The molecule has 2 unspecified atom stereocenters. The molecule has 2 N–H and O–H groups in total. The monoisotopic (exact) mass is 373 g/mol. The van der Waals surface area contributed by atoms with Gasteiger partial charge in [0.15, 0.2) is 17.5 Å². The Bertz CT molecular complexity index is 834. The molecule has 0 saturated carbocycles. The maximum Gasteiger partial charge on any atom is 0.331 e. The molecule has 0 bridgehead atoms.